The Bertz CT molecular complexity index is 1680. The smallest absolute Gasteiger partial charge is 0.264 e. The van der Waals surface area contributed by atoms with Crippen molar-refractivity contribution in [2.45, 2.75) is 90.1 Å². The number of aromatic nitrogens is 2. The van der Waals surface area contributed by atoms with E-state index in [1.54, 1.807) is 18.2 Å². The predicted molar refractivity (Wildman–Crippen MR) is 174 cm³/mol. The monoisotopic (exact) mass is 632 g/mol. The van der Waals surface area contributed by atoms with Gasteiger partial charge in [0.2, 0.25) is 11.8 Å². The number of hydrogen-bond acceptors (Lipinski definition) is 7. The number of aryl methyl sites for hydroxylation is 2. The Labute approximate surface area is 266 Å². The highest BCUT2D eigenvalue weighted by molar-refractivity contribution is 7.92. The fourth-order valence-electron chi connectivity index (χ4n) is 7.79. The summed E-state index contributed by atoms with van der Waals surface area (Å²) in [5.74, 6) is 0.509. The van der Waals surface area contributed by atoms with Gasteiger partial charge in [-0.2, -0.15) is 4.98 Å². The second kappa shape index (κ2) is 11.7. The number of aliphatic hydroxyl groups is 1. The van der Waals surface area contributed by atoms with Gasteiger partial charge < -0.3 is 14.7 Å². The van der Waals surface area contributed by atoms with Crippen molar-refractivity contribution in [1.82, 2.24) is 14.9 Å². The Kier molecular flexibility index (Phi) is 8.18. The molecule has 1 amide bonds. The van der Waals surface area contributed by atoms with Gasteiger partial charge in [-0.05, 0) is 98.4 Å². The quantitative estimate of drug-likeness (QED) is 0.347. The molecule has 10 heteroatoms. The van der Waals surface area contributed by atoms with Gasteiger partial charge in [0.25, 0.3) is 15.9 Å². The number of fused-ring (bicyclic) bond motifs is 4. The van der Waals surface area contributed by atoms with Gasteiger partial charge in [0, 0.05) is 29.8 Å². The van der Waals surface area contributed by atoms with Gasteiger partial charge in [-0.1, -0.05) is 45.0 Å². The Hall–Kier alpha value is -3.50. The third-order valence-electron chi connectivity index (χ3n) is 9.67. The SMILES string of the molecule is Cc1cccc(C)c1-c1cc2nc(n1)NS(=O)(=O)c1cccc(c1)C(=O)N(C1CC3(CC(CCO)C3)C1)[C@H](CC(C)(C)C)CO2. The summed E-state index contributed by atoms with van der Waals surface area (Å²) in [5, 5.41) is 9.40. The van der Waals surface area contributed by atoms with E-state index in [4.69, 9.17) is 4.74 Å². The summed E-state index contributed by atoms with van der Waals surface area (Å²) in [6.45, 7) is 10.9. The lowest BCUT2D eigenvalue weighted by Crippen LogP contribution is -2.61. The third kappa shape index (κ3) is 6.45. The fourth-order valence-corrected chi connectivity index (χ4v) is 8.78. The van der Waals surface area contributed by atoms with Crippen LogP contribution in [-0.2, 0) is 10.0 Å². The molecule has 0 unspecified atom stereocenters. The molecule has 2 saturated carbocycles. The molecule has 6 rings (SSSR count). The molecule has 0 radical (unpaired) electrons. The van der Waals surface area contributed by atoms with Gasteiger partial charge >= 0.3 is 0 Å². The highest BCUT2D eigenvalue weighted by Crippen LogP contribution is 2.61. The van der Waals surface area contributed by atoms with Gasteiger partial charge in [-0.3, -0.25) is 4.79 Å². The molecule has 2 heterocycles. The molecule has 45 heavy (non-hydrogen) atoms. The molecule has 3 aliphatic rings. The van der Waals surface area contributed by atoms with Crippen molar-refractivity contribution in [1.29, 1.82) is 0 Å². The molecule has 9 nitrogen and oxygen atoms in total. The summed E-state index contributed by atoms with van der Waals surface area (Å²) < 4.78 is 36.2. The molecule has 240 valence electrons. The van der Waals surface area contributed by atoms with E-state index in [2.05, 4.69) is 35.5 Å². The number of carbonyl (C=O) groups is 1. The number of anilines is 1. The van der Waals surface area contributed by atoms with Gasteiger partial charge in [-0.25, -0.2) is 18.1 Å². The van der Waals surface area contributed by atoms with Crippen molar-refractivity contribution in [3.63, 3.8) is 0 Å². The molecule has 2 N–H and O–H groups in total. The normalized spacial score (nSPS) is 26.0. The lowest BCUT2D eigenvalue weighted by atomic mass is 9.49. The number of nitrogens with one attached hydrogen (secondary N) is 1. The number of sulfonamides is 1. The Morgan fingerprint density at radius 3 is 2.38 bits per heavy atom. The van der Waals surface area contributed by atoms with Crippen molar-refractivity contribution in [3.8, 4) is 17.1 Å². The van der Waals surface area contributed by atoms with Crippen LogP contribution in [0.2, 0.25) is 0 Å². The van der Waals surface area contributed by atoms with E-state index in [9.17, 15) is 18.3 Å². The number of rotatable bonds is 5. The van der Waals surface area contributed by atoms with E-state index < -0.39 is 10.0 Å². The van der Waals surface area contributed by atoms with E-state index in [0.29, 0.717) is 23.6 Å². The van der Waals surface area contributed by atoms with Crippen LogP contribution >= 0.6 is 0 Å². The van der Waals surface area contributed by atoms with Crippen LogP contribution in [0.15, 0.2) is 53.4 Å². The molecule has 0 saturated heterocycles. The Morgan fingerprint density at radius 1 is 1.02 bits per heavy atom. The van der Waals surface area contributed by atoms with E-state index in [-0.39, 0.29) is 58.8 Å². The zero-order valence-corrected chi connectivity index (χ0v) is 27.7. The highest BCUT2D eigenvalue weighted by Gasteiger charge is 2.55. The lowest BCUT2D eigenvalue weighted by molar-refractivity contribution is -0.0969. The minimum absolute atomic E-state index is 0.0122. The number of ether oxygens (including phenoxy) is 1. The van der Waals surface area contributed by atoms with Crippen LogP contribution < -0.4 is 9.46 Å². The largest absolute Gasteiger partial charge is 0.475 e. The molecule has 4 bridgehead atoms. The predicted octanol–water partition coefficient (Wildman–Crippen LogP) is 6.14. The second-order valence-electron chi connectivity index (χ2n) is 14.6. The maximum atomic E-state index is 14.4. The van der Waals surface area contributed by atoms with Crippen molar-refractivity contribution in [3.05, 3.63) is 65.2 Å². The number of amides is 1. The van der Waals surface area contributed by atoms with Crippen LogP contribution in [0.1, 0.15) is 80.8 Å². The summed E-state index contributed by atoms with van der Waals surface area (Å²) in [5.41, 5.74) is 3.87. The molecular formula is C35H44N4O5S. The highest BCUT2D eigenvalue weighted by atomic mass is 32.2. The van der Waals surface area contributed by atoms with Crippen LogP contribution in [0.25, 0.3) is 11.3 Å². The maximum absolute atomic E-state index is 14.4. The van der Waals surface area contributed by atoms with Gasteiger partial charge in [0.1, 0.15) is 6.61 Å². The summed E-state index contributed by atoms with van der Waals surface area (Å²) in [4.78, 5) is 25.5. The van der Waals surface area contributed by atoms with E-state index in [1.165, 1.54) is 12.1 Å². The topological polar surface area (TPSA) is 122 Å². The first kappa shape index (κ1) is 31.5. The van der Waals surface area contributed by atoms with Crippen LogP contribution in [0.3, 0.4) is 0 Å². The maximum Gasteiger partial charge on any atom is 0.264 e. The second-order valence-corrected chi connectivity index (χ2v) is 16.3. The summed E-state index contributed by atoms with van der Waals surface area (Å²) in [6, 6.07) is 13.7. The average Bonchev–Trinajstić information content (AvgIpc) is 2.92. The van der Waals surface area contributed by atoms with E-state index in [0.717, 1.165) is 48.8 Å². The van der Waals surface area contributed by atoms with Crippen LogP contribution in [0.5, 0.6) is 5.88 Å². The zero-order valence-electron chi connectivity index (χ0n) is 26.8. The third-order valence-corrected chi connectivity index (χ3v) is 11.0. The van der Waals surface area contributed by atoms with Crippen molar-refractivity contribution < 1.29 is 23.1 Å². The molecule has 3 aromatic rings. The number of hydrogen-bond donors (Lipinski definition) is 2. The van der Waals surface area contributed by atoms with Crippen LogP contribution in [0, 0.1) is 30.6 Å². The minimum Gasteiger partial charge on any atom is -0.475 e. The molecular weight excluding hydrogens is 588 g/mol. The fraction of sp³-hybridized carbons (Fsp3) is 0.514. The Balaban J connectivity index is 1.43. The molecule has 1 spiro atoms. The summed E-state index contributed by atoms with van der Waals surface area (Å²) in [7, 11) is -4.12. The van der Waals surface area contributed by atoms with Crippen molar-refractivity contribution in [2.24, 2.45) is 16.7 Å². The van der Waals surface area contributed by atoms with Gasteiger partial charge in [-0.15, -0.1) is 0 Å². The first-order valence-electron chi connectivity index (χ1n) is 15.9. The van der Waals surface area contributed by atoms with Crippen molar-refractivity contribution >= 4 is 21.9 Å². The van der Waals surface area contributed by atoms with Crippen LogP contribution in [-0.4, -0.2) is 59.6 Å². The summed E-state index contributed by atoms with van der Waals surface area (Å²) in [6.07, 6.45) is 5.47. The minimum atomic E-state index is -4.12. The first-order valence-corrected chi connectivity index (χ1v) is 17.4. The van der Waals surface area contributed by atoms with Gasteiger partial charge in [0.05, 0.1) is 16.6 Å². The Morgan fingerprint density at radius 2 is 1.71 bits per heavy atom. The number of nitrogens with zero attached hydrogens (tertiary/aromatic N) is 3. The molecule has 2 fully saturated rings. The van der Waals surface area contributed by atoms with Crippen molar-refractivity contribution in [2.75, 3.05) is 17.9 Å². The molecule has 2 aliphatic carbocycles. The van der Waals surface area contributed by atoms with Crippen LogP contribution in [0.4, 0.5) is 5.95 Å². The molecule has 1 atom stereocenters. The number of benzene rings is 2. The average molecular weight is 633 g/mol. The number of aliphatic hydroxyl groups excluding tert-OH is 1. The molecule has 1 aromatic heterocycles. The van der Waals surface area contributed by atoms with E-state index >= 15 is 0 Å². The van der Waals surface area contributed by atoms with Gasteiger partial charge in [0.15, 0.2) is 0 Å². The molecule has 2 aromatic carbocycles. The first-order chi connectivity index (χ1) is 21.3. The zero-order chi connectivity index (χ0) is 32.1. The lowest BCUT2D eigenvalue weighted by Gasteiger charge is -2.61. The molecule has 1 aliphatic heterocycles. The number of carbonyl (C=O) groups excluding carboxylic acids is 1. The van der Waals surface area contributed by atoms with E-state index in [1.807, 2.05) is 36.9 Å². The summed E-state index contributed by atoms with van der Waals surface area (Å²) >= 11 is 0. The standard InChI is InChI=1S/C35H44N4O5S/c1-22-8-6-9-23(2)31(22)29-15-30-37-33(36-29)38-45(42,43)28-11-7-10-25(14-28)32(41)39(27(21-44-30)18-34(3,4)5)26-19-35(20-26)16-24(17-35)12-13-40/h6-11,14-15,24,26-27,40H,12-13,16-21H2,1-5H3,(H,36,37,38)/t24?,26?,27-,35?/m1/s1.